The molecule has 1 amide bonds. The van der Waals surface area contributed by atoms with Crippen molar-refractivity contribution >= 4 is 5.91 Å². The van der Waals surface area contributed by atoms with E-state index in [1.54, 1.807) is 0 Å². The van der Waals surface area contributed by atoms with Crippen molar-refractivity contribution < 1.29 is 9.90 Å². The van der Waals surface area contributed by atoms with E-state index >= 15 is 0 Å². The van der Waals surface area contributed by atoms with Gasteiger partial charge in [-0.3, -0.25) is 9.69 Å². The van der Waals surface area contributed by atoms with Crippen molar-refractivity contribution in [3.8, 4) is 0 Å². The number of nitrogens with one attached hydrogen (secondary N) is 1. The highest BCUT2D eigenvalue weighted by molar-refractivity contribution is 5.78. The first kappa shape index (κ1) is 18.7. The molecule has 1 aromatic rings. The van der Waals surface area contributed by atoms with Crippen LogP contribution in [-0.4, -0.2) is 42.7 Å². The lowest BCUT2D eigenvalue weighted by atomic mass is 9.93. The number of carbonyl (C=O) groups is 1. The van der Waals surface area contributed by atoms with Crippen molar-refractivity contribution in [1.29, 1.82) is 0 Å². The van der Waals surface area contributed by atoms with Crippen molar-refractivity contribution in [2.24, 2.45) is 5.92 Å². The van der Waals surface area contributed by atoms with Crippen LogP contribution in [0, 0.1) is 5.92 Å². The Bertz CT molecular complexity index is 455. The van der Waals surface area contributed by atoms with E-state index in [1.807, 2.05) is 11.9 Å². The molecule has 2 N–H and O–H groups in total. The molecule has 0 heterocycles. The quantitative estimate of drug-likeness (QED) is 0.776. The van der Waals surface area contributed by atoms with E-state index < -0.39 is 0 Å². The van der Waals surface area contributed by atoms with Crippen LogP contribution in [0.15, 0.2) is 24.3 Å². The van der Waals surface area contributed by atoms with Gasteiger partial charge >= 0.3 is 0 Å². The van der Waals surface area contributed by atoms with Gasteiger partial charge in [-0.2, -0.15) is 0 Å². The largest absolute Gasteiger partial charge is 0.395 e. The fourth-order valence-electron chi connectivity index (χ4n) is 2.44. The molecule has 1 rings (SSSR count). The minimum Gasteiger partial charge on any atom is -0.395 e. The zero-order valence-electron chi connectivity index (χ0n) is 14.5. The third-order valence-electron chi connectivity index (χ3n) is 3.84. The second-order valence-corrected chi connectivity index (χ2v) is 6.57. The van der Waals surface area contributed by atoms with Gasteiger partial charge < -0.3 is 10.4 Å². The molecule has 1 atom stereocenters. The summed E-state index contributed by atoms with van der Waals surface area (Å²) in [6, 6.07) is 8.50. The van der Waals surface area contributed by atoms with Crippen LogP contribution in [-0.2, 0) is 4.79 Å². The Labute approximate surface area is 134 Å². The Morgan fingerprint density at radius 1 is 1.14 bits per heavy atom. The number of amides is 1. The van der Waals surface area contributed by atoms with E-state index in [1.165, 1.54) is 5.56 Å². The fraction of sp³-hybridized carbons (Fsp3) is 0.611. The van der Waals surface area contributed by atoms with E-state index in [2.05, 4.69) is 57.3 Å². The van der Waals surface area contributed by atoms with Gasteiger partial charge in [0.15, 0.2) is 0 Å². The Morgan fingerprint density at radius 2 is 1.68 bits per heavy atom. The maximum absolute atomic E-state index is 12.2. The summed E-state index contributed by atoms with van der Waals surface area (Å²) >= 11 is 0. The summed E-state index contributed by atoms with van der Waals surface area (Å²) < 4.78 is 0. The normalized spacial score (nSPS) is 13.0. The van der Waals surface area contributed by atoms with Gasteiger partial charge in [-0.1, -0.05) is 52.0 Å². The first-order valence-electron chi connectivity index (χ1n) is 8.03. The number of hydrogen-bond acceptors (Lipinski definition) is 3. The minimum absolute atomic E-state index is 0.0104. The molecule has 0 saturated carbocycles. The first-order chi connectivity index (χ1) is 10.3. The van der Waals surface area contributed by atoms with E-state index in [0.29, 0.717) is 24.9 Å². The van der Waals surface area contributed by atoms with Gasteiger partial charge in [0.2, 0.25) is 5.91 Å². The SMILES string of the molecule is CC(C)c1ccc(C(NC(=O)CN(C)CCO)C(C)C)cc1. The average molecular weight is 306 g/mol. The van der Waals surface area contributed by atoms with Crippen LogP contribution in [0.1, 0.15) is 50.8 Å². The number of likely N-dealkylation sites (N-methyl/N-ethyl adjacent to an activating group) is 1. The van der Waals surface area contributed by atoms with Crippen LogP contribution in [0.25, 0.3) is 0 Å². The summed E-state index contributed by atoms with van der Waals surface area (Å²) in [6.45, 7) is 9.43. The molecule has 0 aliphatic rings. The van der Waals surface area contributed by atoms with Crippen molar-refractivity contribution in [1.82, 2.24) is 10.2 Å². The Balaban J connectivity index is 2.75. The maximum Gasteiger partial charge on any atom is 0.234 e. The van der Waals surface area contributed by atoms with Crippen LogP contribution in [0.2, 0.25) is 0 Å². The molecule has 0 spiro atoms. The molecule has 0 aliphatic carbocycles. The third-order valence-corrected chi connectivity index (χ3v) is 3.84. The van der Waals surface area contributed by atoms with Crippen molar-refractivity contribution in [2.45, 2.75) is 39.7 Å². The molecular weight excluding hydrogens is 276 g/mol. The Kier molecular flexibility index (Phi) is 7.56. The first-order valence-corrected chi connectivity index (χ1v) is 8.03. The van der Waals surface area contributed by atoms with Gasteiger partial charge in [0.25, 0.3) is 0 Å². The number of hydrogen-bond donors (Lipinski definition) is 2. The molecule has 0 aromatic heterocycles. The zero-order chi connectivity index (χ0) is 16.7. The molecule has 22 heavy (non-hydrogen) atoms. The molecule has 4 nitrogen and oxygen atoms in total. The van der Waals surface area contributed by atoms with Gasteiger partial charge in [0.1, 0.15) is 0 Å². The second kappa shape index (κ2) is 8.91. The van der Waals surface area contributed by atoms with Gasteiger partial charge in [-0.05, 0) is 30.0 Å². The number of aliphatic hydroxyl groups excluding tert-OH is 1. The third kappa shape index (κ3) is 5.78. The minimum atomic E-state index is -0.0115. The number of nitrogens with zero attached hydrogens (tertiary/aromatic N) is 1. The molecule has 0 fully saturated rings. The Hall–Kier alpha value is -1.39. The monoisotopic (exact) mass is 306 g/mol. The summed E-state index contributed by atoms with van der Waals surface area (Å²) in [4.78, 5) is 14.0. The summed E-state index contributed by atoms with van der Waals surface area (Å²) in [5.74, 6) is 0.813. The number of carbonyl (C=O) groups excluding carboxylic acids is 1. The smallest absolute Gasteiger partial charge is 0.234 e. The summed E-state index contributed by atoms with van der Waals surface area (Å²) in [7, 11) is 1.83. The van der Waals surface area contributed by atoms with E-state index in [0.717, 1.165) is 5.56 Å². The van der Waals surface area contributed by atoms with Crippen molar-refractivity contribution in [3.05, 3.63) is 35.4 Å². The lowest BCUT2D eigenvalue weighted by Crippen LogP contribution is -2.39. The van der Waals surface area contributed by atoms with Gasteiger partial charge in [-0.25, -0.2) is 0 Å². The molecule has 124 valence electrons. The topological polar surface area (TPSA) is 52.6 Å². The molecule has 0 aliphatic heterocycles. The van der Waals surface area contributed by atoms with Crippen LogP contribution >= 0.6 is 0 Å². The lowest BCUT2D eigenvalue weighted by Gasteiger charge is -2.25. The highest BCUT2D eigenvalue weighted by atomic mass is 16.3. The predicted octanol–water partition coefficient (Wildman–Crippen LogP) is 2.55. The highest BCUT2D eigenvalue weighted by Gasteiger charge is 2.19. The van der Waals surface area contributed by atoms with Crippen molar-refractivity contribution in [2.75, 3.05) is 26.7 Å². The van der Waals surface area contributed by atoms with E-state index in [9.17, 15) is 4.79 Å². The van der Waals surface area contributed by atoms with Crippen LogP contribution in [0.4, 0.5) is 0 Å². The molecule has 1 unspecified atom stereocenters. The maximum atomic E-state index is 12.2. The second-order valence-electron chi connectivity index (χ2n) is 6.57. The van der Waals surface area contributed by atoms with Crippen LogP contribution in [0.5, 0.6) is 0 Å². The Morgan fingerprint density at radius 3 is 2.14 bits per heavy atom. The average Bonchev–Trinajstić information content (AvgIpc) is 2.44. The molecule has 4 heteroatoms. The van der Waals surface area contributed by atoms with E-state index in [4.69, 9.17) is 5.11 Å². The van der Waals surface area contributed by atoms with Gasteiger partial charge in [-0.15, -0.1) is 0 Å². The number of rotatable bonds is 8. The van der Waals surface area contributed by atoms with Crippen LogP contribution in [0.3, 0.4) is 0 Å². The molecular formula is C18H30N2O2. The van der Waals surface area contributed by atoms with E-state index in [-0.39, 0.29) is 18.6 Å². The zero-order valence-corrected chi connectivity index (χ0v) is 14.5. The van der Waals surface area contributed by atoms with Crippen LogP contribution < -0.4 is 5.32 Å². The molecule has 0 bridgehead atoms. The predicted molar refractivity (Wildman–Crippen MR) is 90.8 cm³/mol. The summed E-state index contributed by atoms with van der Waals surface area (Å²) in [6.07, 6.45) is 0. The fourth-order valence-corrected chi connectivity index (χ4v) is 2.44. The highest BCUT2D eigenvalue weighted by Crippen LogP contribution is 2.24. The standard InChI is InChI=1S/C18H30N2O2/c1-13(2)15-6-8-16(9-7-15)18(14(3)4)19-17(22)12-20(5)10-11-21/h6-9,13-14,18,21H,10-12H2,1-5H3,(H,19,22). The van der Waals surface area contributed by atoms with Crippen molar-refractivity contribution in [3.63, 3.8) is 0 Å². The lowest BCUT2D eigenvalue weighted by molar-refractivity contribution is -0.123. The number of benzene rings is 1. The summed E-state index contributed by atoms with van der Waals surface area (Å²) in [5, 5.41) is 12.0. The van der Waals surface area contributed by atoms with Gasteiger partial charge in [0.05, 0.1) is 19.2 Å². The van der Waals surface area contributed by atoms with Gasteiger partial charge in [0, 0.05) is 6.54 Å². The molecule has 0 saturated heterocycles. The number of aliphatic hydroxyl groups is 1. The summed E-state index contributed by atoms with van der Waals surface area (Å²) in [5.41, 5.74) is 2.44. The molecule has 0 radical (unpaired) electrons. The molecule has 1 aromatic carbocycles.